The highest BCUT2D eigenvalue weighted by atomic mass is 32.2. The van der Waals surface area contributed by atoms with Gasteiger partial charge in [-0.2, -0.15) is 0 Å². The first-order valence-corrected chi connectivity index (χ1v) is 6.55. The van der Waals surface area contributed by atoms with Gasteiger partial charge in [0.2, 0.25) is 0 Å². The fraction of sp³-hybridized carbons (Fsp3) is 0.0714. The standard InChI is InChI=1S/C14H13FN2O2S/c1-19-10-3-2-4-11(8-10)20-13-6-5-9(7-12(13)15)14(16)17-18/h2-8,18H,1H3,(H2,16,17). The van der Waals surface area contributed by atoms with Gasteiger partial charge in [-0.1, -0.05) is 23.0 Å². The highest BCUT2D eigenvalue weighted by molar-refractivity contribution is 7.99. The van der Waals surface area contributed by atoms with Crippen LogP contribution in [0.3, 0.4) is 0 Å². The van der Waals surface area contributed by atoms with Gasteiger partial charge < -0.3 is 15.7 Å². The summed E-state index contributed by atoms with van der Waals surface area (Å²) >= 11 is 1.27. The van der Waals surface area contributed by atoms with E-state index in [1.54, 1.807) is 19.2 Å². The van der Waals surface area contributed by atoms with Crippen LogP contribution in [-0.2, 0) is 0 Å². The minimum atomic E-state index is -0.429. The summed E-state index contributed by atoms with van der Waals surface area (Å²) in [6.45, 7) is 0. The maximum absolute atomic E-state index is 14.0. The second kappa shape index (κ2) is 6.29. The number of halogens is 1. The van der Waals surface area contributed by atoms with Crippen molar-refractivity contribution in [3.63, 3.8) is 0 Å². The lowest BCUT2D eigenvalue weighted by Gasteiger charge is -2.06. The van der Waals surface area contributed by atoms with Crippen LogP contribution in [0.1, 0.15) is 5.56 Å². The van der Waals surface area contributed by atoms with Crippen molar-refractivity contribution in [2.24, 2.45) is 10.9 Å². The number of rotatable bonds is 4. The molecule has 0 fully saturated rings. The van der Waals surface area contributed by atoms with Crippen molar-refractivity contribution >= 4 is 17.6 Å². The molecule has 2 aromatic carbocycles. The van der Waals surface area contributed by atoms with Crippen LogP contribution < -0.4 is 10.5 Å². The summed E-state index contributed by atoms with van der Waals surface area (Å²) < 4.78 is 19.1. The molecule has 0 aliphatic heterocycles. The number of benzene rings is 2. The van der Waals surface area contributed by atoms with Gasteiger partial charge in [0.1, 0.15) is 11.6 Å². The van der Waals surface area contributed by atoms with Crippen LogP contribution in [0.2, 0.25) is 0 Å². The molecule has 0 atom stereocenters. The Labute approximate surface area is 120 Å². The molecule has 4 nitrogen and oxygen atoms in total. The van der Waals surface area contributed by atoms with E-state index in [1.807, 2.05) is 24.3 Å². The van der Waals surface area contributed by atoms with E-state index in [0.717, 1.165) is 4.90 Å². The van der Waals surface area contributed by atoms with Gasteiger partial charge in [0, 0.05) is 15.4 Å². The minimum absolute atomic E-state index is 0.123. The first-order valence-electron chi connectivity index (χ1n) is 5.73. The van der Waals surface area contributed by atoms with Crippen molar-refractivity contribution in [2.75, 3.05) is 7.11 Å². The zero-order chi connectivity index (χ0) is 14.5. The van der Waals surface area contributed by atoms with Crippen LogP contribution in [0.25, 0.3) is 0 Å². The highest BCUT2D eigenvalue weighted by Crippen LogP contribution is 2.32. The lowest BCUT2D eigenvalue weighted by molar-refractivity contribution is 0.318. The number of nitrogens with zero attached hydrogens (tertiary/aromatic N) is 1. The Morgan fingerprint density at radius 1 is 1.30 bits per heavy atom. The fourth-order valence-electron chi connectivity index (χ4n) is 1.59. The summed E-state index contributed by atoms with van der Waals surface area (Å²) in [6, 6.07) is 11.8. The molecule has 2 aromatic rings. The molecule has 2 rings (SSSR count). The van der Waals surface area contributed by atoms with E-state index in [1.165, 1.54) is 17.8 Å². The number of oxime groups is 1. The van der Waals surface area contributed by atoms with Gasteiger partial charge in [0.25, 0.3) is 0 Å². The van der Waals surface area contributed by atoms with Crippen LogP contribution in [0.4, 0.5) is 4.39 Å². The fourth-order valence-corrected chi connectivity index (χ4v) is 2.46. The molecular formula is C14H13FN2O2S. The summed E-state index contributed by atoms with van der Waals surface area (Å²) in [5.41, 5.74) is 5.75. The molecule has 0 bridgehead atoms. The number of amidine groups is 1. The predicted octanol–water partition coefficient (Wildman–Crippen LogP) is 3.08. The second-order valence-electron chi connectivity index (χ2n) is 3.91. The Bertz CT molecular complexity index is 647. The predicted molar refractivity (Wildman–Crippen MR) is 76.0 cm³/mol. The summed E-state index contributed by atoms with van der Waals surface area (Å²) in [7, 11) is 1.58. The van der Waals surface area contributed by atoms with E-state index in [0.29, 0.717) is 16.2 Å². The molecule has 0 spiro atoms. The normalized spacial score (nSPS) is 11.4. The second-order valence-corrected chi connectivity index (χ2v) is 5.03. The number of methoxy groups -OCH3 is 1. The van der Waals surface area contributed by atoms with Crippen LogP contribution >= 0.6 is 11.8 Å². The lowest BCUT2D eigenvalue weighted by Crippen LogP contribution is -2.13. The van der Waals surface area contributed by atoms with Crippen molar-refractivity contribution in [1.82, 2.24) is 0 Å². The lowest BCUT2D eigenvalue weighted by atomic mass is 10.2. The number of hydrogen-bond donors (Lipinski definition) is 2. The molecule has 0 unspecified atom stereocenters. The first kappa shape index (κ1) is 14.2. The topological polar surface area (TPSA) is 67.8 Å². The molecule has 104 valence electrons. The molecule has 0 heterocycles. The smallest absolute Gasteiger partial charge is 0.170 e. The van der Waals surface area contributed by atoms with Crippen LogP contribution in [0.5, 0.6) is 5.75 Å². The Morgan fingerprint density at radius 3 is 2.75 bits per heavy atom. The maximum atomic E-state index is 14.0. The number of ether oxygens (including phenoxy) is 1. The van der Waals surface area contributed by atoms with Gasteiger partial charge in [-0.3, -0.25) is 0 Å². The third-order valence-corrected chi connectivity index (χ3v) is 3.65. The molecule has 0 amide bonds. The average Bonchev–Trinajstić information content (AvgIpc) is 2.48. The average molecular weight is 292 g/mol. The Morgan fingerprint density at radius 2 is 2.10 bits per heavy atom. The molecule has 20 heavy (non-hydrogen) atoms. The van der Waals surface area contributed by atoms with Crippen molar-refractivity contribution in [1.29, 1.82) is 0 Å². The SMILES string of the molecule is COc1cccc(Sc2ccc(/C(N)=N/O)cc2F)c1. The monoisotopic (exact) mass is 292 g/mol. The zero-order valence-electron chi connectivity index (χ0n) is 10.7. The molecule has 0 radical (unpaired) electrons. The largest absolute Gasteiger partial charge is 0.497 e. The van der Waals surface area contributed by atoms with Crippen molar-refractivity contribution in [3.8, 4) is 5.75 Å². The van der Waals surface area contributed by atoms with E-state index in [2.05, 4.69) is 5.16 Å². The molecule has 0 saturated carbocycles. The van der Waals surface area contributed by atoms with Gasteiger partial charge in [0.15, 0.2) is 5.84 Å². The summed E-state index contributed by atoms with van der Waals surface area (Å²) in [5.74, 6) is 0.160. The summed E-state index contributed by atoms with van der Waals surface area (Å²) in [4.78, 5) is 1.31. The third-order valence-electron chi connectivity index (χ3n) is 2.60. The summed E-state index contributed by atoms with van der Waals surface area (Å²) in [6.07, 6.45) is 0. The number of nitrogens with two attached hydrogens (primary N) is 1. The van der Waals surface area contributed by atoms with E-state index < -0.39 is 5.82 Å². The van der Waals surface area contributed by atoms with Crippen LogP contribution in [-0.4, -0.2) is 18.2 Å². The van der Waals surface area contributed by atoms with E-state index in [4.69, 9.17) is 15.7 Å². The Hall–Kier alpha value is -2.21. The Balaban J connectivity index is 2.25. The van der Waals surface area contributed by atoms with E-state index >= 15 is 0 Å². The minimum Gasteiger partial charge on any atom is -0.497 e. The van der Waals surface area contributed by atoms with Gasteiger partial charge in [0.05, 0.1) is 7.11 Å². The molecular weight excluding hydrogens is 279 g/mol. The highest BCUT2D eigenvalue weighted by Gasteiger charge is 2.08. The molecule has 0 aromatic heterocycles. The molecule has 6 heteroatoms. The van der Waals surface area contributed by atoms with E-state index in [-0.39, 0.29) is 5.84 Å². The van der Waals surface area contributed by atoms with Crippen LogP contribution in [0.15, 0.2) is 57.4 Å². The third kappa shape index (κ3) is 3.21. The van der Waals surface area contributed by atoms with Crippen molar-refractivity contribution in [3.05, 3.63) is 53.8 Å². The van der Waals surface area contributed by atoms with Gasteiger partial charge in [-0.15, -0.1) is 0 Å². The molecule has 0 aliphatic rings. The van der Waals surface area contributed by atoms with Crippen LogP contribution in [0, 0.1) is 5.82 Å². The maximum Gasteiger partial charge on any atom is 0.170 e. The first-order chi connectivity index (χ1) is 9.63. The van der Waals surface area contributed by atoms with Gasteiger partial charge >= 0.3 is 0 Å². The molecule has 0 aliphatic carbocycles. The van der Waals surface area contributed by atoms with Crippen molar-refractivity contribution in [2.45, 2.75) is 9.79 Å². The van der Waals surface area contributed by atoms with Gasteiger partial charge in [-0.05, 0) is 36.4 Å². The van der Waals surface area contributed by atoms with E-state index in [9.17, 15) is 4.39 Å². The number of hydrogen-bond acceptors (Lipinski definition) is 4. The Kier molecular flexibility index (Phi) is 4.47. The van der Waals surface area contributed by atoms with Crippen molar-refractivity contribution < 1.29 is 14.3 Å². The molecule has 0 saturated heterocycles. The summed E-state index contributed by atoms with van der Waals surface area (Å²) in [5, 5.41) is 11.4. The molecule has 3 N–H and O–H groups in total. The zero-order valence-corrected chi connectivity index (χ0v) is 11.5. The quantitative estimate of drug-likeness (QED) is 0.393. The van der Waals surface area contributed by atoms with Gasteiger partial charge in [-0.25, -0.2) is 4.39 Å².